The quantitative estimate of drug-likeness (QED) is 0.449. The summed E-state index contributed by atoms with van der Waals surface area (Å²) in [7, 11) is 1.59. The van der Waals surface area contributed by atoms with Gasteiger partial charge in [0.05, 0.1) is 24.6 Å². The number of benzene rings is 3. The molecule has 3 rings (SSSR count). The van der Waals surface area contributed by atoms with Gasteiger partial charge in [-0.05, 0) is 42.0 Å². The maximum Gasteiger partial charge on any atom is 0.335 e. The van der Waals surface area contributed by atoms with E-state index in [4.69, 9.17) is 14.6 Å². The van der Waals surface area contributed by atoms with Crippen LogP contribution in [0.1, 0.15) is 21.5 Å². The van der Waals surface area contributed by atoms with Crippen LogP contribution in [0.25, 0.3) is 0 Å². The Morgan fingerprint density at radius 3 is 2.46 bits per heavy atom. The van der Waals surface area contributed by atoms with Crippen LogP contribution in [0.15, 0.2) is 77.9 Å². The van der Waals surface area contributed by atoms with E-state index in [1.54, 1.807) is 25.5 Å². The number of rotatable bonds is 8. The van der Waals surface area contributed by atoms with E-state index in [2.05, 4.69) is 10.5 Å². The van der Waals surface area contributed by atoms with Crippen molar-refractivity contribution >= 4 is 17.9 Å². The number of carbonyl (C=O) groups is 1. The van der Waals surface area contributed by atoms with E-state index >= 15 is 0 Å². The van der Waals surface area contributed by atoms with Gasteiger partial charge in [0.15, 0.2) is 11.5 Å². The second-order valence-electron chi connectivity index (χ2n) is 5.91. The molecule has 0 aliphatic carbocycles. The highest BCUT2D eigenvalue weighted by molar-refractivity contribution is 5.88. The molecule has 0 atom stereocenters. The molecule has 2 N–H and O–H groups in total. The summed E-state index contributed by atoms with van der Waals surface area (Å²) in [6, 6.07) is 21.8. The van der Waals surface area contributed by atoms with Gasteiger partial charge in [-0.15, -0.1) is 0 Å². The summed E-state index contributed by atoms with van der Waals surface area (Å²) >= 11 is 0. The standard InChI is InChI=1S/C22H20N2O4/c1-27-20-9-5-8-18(21(20)28-15-16-6-3-2-4-7-16)14-23-24-19-12-10-17(11-13-19)22(25)26/h2-14,24H,15H2,1H3,(H,25,26)/b23-14+. The third kappa shape index (κ3) is 4.88. The normalized spacial score (nSPS) is 10.6. The van der Waals surface area contributed by atoms with Crippen molar-refractivity contribution in [2.75, 3.05) is 12.5 Å². The van der Waals surface area contributed by atoms with Gasteiger partial charge in [0.2, 0.25) is 0 Å². The predicted molar refractivity (Wildman–Crippen MR) is 108 cm³/mol. The number of ether oxygens (including phenoxy) is 2. The first-order chi connectivity index (χ1) is 13.7. The number of aromatic carboxylic acids is 1. The number of carboxylic acids is 1. The fraction of sp³-hybridized carbons (Fsp3) is 0.0909. The van der Waals surface area contributed by atoms with E-state index < -0.39 is 5.97 Å². The highest BCUT2D eigenvalue weighted by Gasteiger charge is 2.09. The predicted octanol–water partition coefficient (Wildman–Crippen LogP) is 4.42. The molecule has 6 heteroatoms. The molecule has 0 aromatic heterocycles. The lowest BCUT2D eigenvalue weighted by Gasteiger charge is -2.13. The third-order valence-corrected chi connectivity index (χ3v) is 3.98. The number of anilines is 1. The number of hydrazone groups is 1. The number of nitrogens with one attached hydrogen (secondary N) is 1. The second-order valence-corrected chi connectivity index (χ2v) is 5.91. The van der Waals surface area contributed by atoms with Gasteiger partial charge >= 0.3 is 5.97 Å². The number of carboxylic acid groups (broad SMARTS) is 1. The number of nitrogens with zero attached hydrogens (tertiary/aromatic N) is 1. The lowest BCUT2D eigenvalue weighted by atomic mass is 10.2. The van der Waals surface area contributed by atoms with Crippen molar-refractivity contribution in [1.82, 2.24) is 0 Å². The molecule has 3 aromatic carbocycles. The number of hydrogen-bond donors (Lipinski definition) is 2. The summed E-state index contributed by atoms with van der Waals surface area (Å²) in [5.41, 5.74) is 5.58. The van der Waals surface area contributed by atoms with Gasteiger partial charge < -0.3 is 14.6 Å². The summed E-state index contributed by atoms with van der Waals surface area (Å²) in [5, 5.41) is 13.2. The summed E-state index contributed by atoms with van der Waals surface area (Å²) in [4.78, 5) is 10.9. The van der Waals surface area contributed by atoms with Gasteiger partial charge in [-0.25, -0.2) is 4.79 Å². The molecule has 0 saturated carbocycles. The highest BCUT2D eigenvalue weighted by Crippen LogP contribution is 2.30. The molecule has 6 nitrogen and oxygen atoms in total. The van der Waals surface area contributed by atoms with Crippen LogP contribution in [0.2, 0.25) is 0 Å². The zero-order valence-electron chi connectivity index (χ0n) is 15.3. The van der Waals surface area contributed by atoms with Crippen molar-refractivity contribution in [1.29, 1.82) is 0 Å². The van der Waals surface area contributed by atoms with E-state index in [-0.39, 0.29) is 5.56 Å². The summed E-state index contributed by atoms with van der Waals surface area (Å²) in [6.07, 6.45) is 1.63. The topological polar surface area (TPSA) is 80.2 Å². The average Bonchev–Trinajstić information content (AvgIpc) is 2.73. The molecule has 0 amide bonds. The van der Waals surface area contributed by atoms with E-state index in [9.17, 15) is 4.79 Å². The molecule has 0 radical (unpaired) electrons. The van der Waals surface area contributed by atoms with Gasteiger partial charge in [0.25, 0.3) is 0 Å². The van der Waals surface area contributed by atoms with Crippen LogP contribution in [-0.4, -0.2) is 24.4 Å². The molecule has 0 aliphatic heterocycles. The molecule has 142 valence electrons. The maximum absolute atomic E-state index is 10.9. The van der Waals surface area contributed by atoms with Crippen LogP contribution in [0.4, 0.5) is 5.69 Å². The Bertz CT molecular complexity index is 954. The van der Waals surface area contributed by atoms with Crippen LogP contribution >= 0.6 is 0 Å². The summed E-state index contributed by atoms with van der Waals surface area (Å²) in [6.45, 7) is 0.409. The van der Waals surface area contributed by atoms with Crippen molar-refractivity contribution in [2.45, 2.75) is 6.61 Å². The van der Waals surface area contributed by atoms with Gasteiger partial charge in [0.1, 0.15) is 6.61 Å². The highest BCUT2D eigenvalue weighted by atomic mass is 16.5. The molecular weight excluding hydrogens is 356 g/mol. The fourth-order valence-electron chi connectivity index (χ4n) is 2.54. The molecule has 0 fully saturated rings. The molecule has 28 heavy (non-hydrogen) atoms. The van der Waals surface area contributed by atoms with Gasteiger partial charge in [-0.1, -0.05) is 36.4 Å². The minimum atomic E-state index is -0.966. The molecule has 0 saturated heterocycles. The van der Waals surface area contributed by atoms with E-state index in [1.165, 1.54) is 12.1 Å². The minimum absolute atomic E-state index is 0.221. The van der Waals surface area contributed by atoms with Crippen molar-refractivity contribution in [3.8, 4) is 11.5 Å². The van der Waals surface area contributed by atoms with Crippen molar-refractivity contribution in [3.63, 3.8) is 0 Å². The number of hydrogen-bond acceptors (Lipinski definition) is 5. The van der Waals surface area contributed by atoms with E-state index in [0.717, 1.165) is 11.1 Å². The lowest BCUT2D eigenvalue weighted by molar-refractivity contribution is 0.0697. The molecular formula is C22H20N2O4. The van der Waals surface area contributed by atoms with Gasteiger partial charge in [-0.3, -0.25) is 5.43 Å². The number of methoxy groups -OCH3 is 1. The van der Waals surface area contributed by atoms with Crippen LogP contribution in [-0.2, 0) is 6.61 Å². The molecule has 0 heterocycles. The zero-order valence-corrected chi connectivity index (χ0v) is 15.3. The van der Waals surface area contributed by atoms with Crippen LogP contribution in [0.3, 0.4) is 0 Å². The van der Waals surface area contributed by atoms with Crippen molar-refractivity contribution in [2.24, 2.45) is 5.10 Å². The number of para-hydroxylation sites is 1. The largest absolute Gasteiger partial charge is 0.493 e. The maximum atomic E-state index is 10.9. The molecule has 0 bridgehead atoms. The van der Waals surface area contributed by atoms with Crippen LogP contribution < -0.4 is 14.9 Å². The van der Waals surface area contributed by atoms with Crippen molar-refractivity contribution in [3.05, 3.63) is 89.5 Å². The first-order valence-electron chi connectivity index (χ1n) is 8.63. The SMILES string of the molecule is COc1cccc(/C=N/Nc2ccc(C(=O)O)cc2)c1OCc1ccccc1. The first-order valence-corrected chi connectivity index (χ1v) is 8.63. The van der Waals surface area contributed by atoms with Crippen LogP contribution in [0, 0.1) is 0 Å². The Kier molecular flexibility index (Phi) is 6.25. The fourth-order valence-corrected chi connectivity index (χ4v) is 2.54. The second kappa shape index (κ2) is 9.23. The minimum Gasteiger partial charge on any atom is -0.493 e. The Balaban J connectivity index is 1.73. The Hall–Kier alpha value is -3.80. The van der Waals surface area contributed by atoms with E-state index in [0.29, 0.717) is 23.8 Å². The van der Waals surface area contributed by atoms with Gasteiger partial charge in [-0.2, -0.15) is 5.10 Å². The first kappa shape index (κ1) is 19.0. The summed E-state index contributed by atoms with van der Waals surface area (Å²) in [5.74, 6) is 0.248. The Morgan fingerprint density at radius 1 is 1.04 bits per heavy atom. The molecule has 3 aromatic rings. The monoisotopic (exact) mass is 376 g/mol. The van der Waals surface area contributed by atoms with Gasteiger partial charge in [0, 0.05) is 5.56 Å². The Morgan fingerprint density at radius 2 is 1.79 bits per heavy atom. The van der Waals surface area contributed by atoms with Crippen LogP contribution in [0.5, 0.6) is 11.5 Å². The zero-order chi connectivity index (χ0) is 19.8. The third-order valence-electron chi connectivity index (χ3n) is 3.98. The molecule has 0 aliphatic rings. The van der Waals surface area contributed by atoms with E-state index in [1.807, 2.05) is 48.5 Å². The average molecular weight is 376 g/mol. The smallest absolute Gasteiger partial charge is 0.335 e. The lowest BCUT2D eigenvalue weighted by Crippen LogP contribution is -2.01. The molecule has 0 spiro atoms. The Labute approximate surface area is 163 Å². The van der Waals surface area contributed by atoms with Crippen molar-refractivity contribution < 1.29 is 19.4 Å². The summed E-state index contributed by atoms with van der Waals surface area (Å²) < 4.78 is 11.4. The molecule has 0 unspecified atom stereocenters.